The lowest BCUT2D eigenvalue weighted by atomic mass is 10.1. The van der Waals surface area contributed by atoms with E-state index < -0.39 is 0 Å². The van der Waals surface area contributed by atoms with Gasteiger partial charge >= 0.3 is 0 Å². The predicted molar refractivity (Wildman–Crippen MR) is 65.7 cm³/mol. The minimum atomic E-state index is 0.147. The van der Waals surface area contributed by atoms with Crippen LogP contribution in [0.5, 0.6) is 0 Å². The summed E-state index contributed by atoms with van der Waals surface area (Å²) in [5.74, 6) is 0. The summed E-state index contributed by atoms with van der Waals surface area (Å²) in [6.07, 6.45) is 1.84. The molecule has 2 aromatic rings. The van der Waals surface area contributed by atoms with Gasteiger partial charge < -0.3 is 5.32 Å². The van der Waals surface area contributed by atoms with Crippen molar-refractivity contribution in [3.63, 3.8) is 0 Å². The van der Waals surface area contributed by atoms with Gasteiger partial charge in [0, 0.05) is 29.9 Å². The van der Waals surface area contributed by atoms with E-state index in [1.807, 2.05) is 37.3 Å². The maximum absolute atomic E-state index is 4.44. The van der Waals surface area contributed by atoms with E-state index in [0.717, 1.165) is 10.7 Å². The molecule has 0 saturated carbocycles. The first-order valence-electron chi connectivity index (χ1n) is 5.22. The van der Waals surface area contributed by atoms with Crippen LogP contribution in [0.4, 0.5) is 0 Å². The van der Waals surface area contributed by atoms with Crippen LogP contribution in [0.25, 0.3) is 0 Å². The molecule has 0 aliphatic carbocycles. The number of rotatable bonds is 3. The fourth-order valence-electron chi connectivity index (χ4n) is 1.98. The van der Waals surface area contributed by atoms with Gasteiger partial charge in [-0.2, -0.15) is 5.10 Å². The van der Waals surface area contributed by atoms with Crippen molar-refractivity contribution < 1.29 is 0 Å². The van der Waals surface area contributed by atoms with Gasteiger partial charge in [-0.3, -0.25) is 4.68 Å². The van der Waals surface area contributed by atoms with Crippen molar-refractivity contribution in [3.05, 3.63) is 33.5 Å². The Kier molecular flexibility index (Phi) is 3.07. The number of nitrogens with zero attached hydrogens (tertiary/aromatic N) is 3. The number of aromatic nitrogens is 3. The average Bonchev–Trinajstić information content (AvgIpc) is 2.84. The highest BCUT2D eigenvalue weighted by Gasteiger charge is 2.21. The minimum Gasteiger partial charge on any atom is -0.307 e. The molecule has 86 valence electrons. The molecule has 0 fully saturated rings. The van der Waals surface area contributed by atoms with E-state index >= 15 is 0 Å². The molecule has 0 aromatic carbocycles. The molecule has 0 aliphatic rings. The lowest BCUT2D eigenvalue weighted by Crippen LogP contribution is -2.19. The van der Waals surface area contributed by atoms with Gasteiger partial charge in [-0.15, -0.1) is 11.3 Å². The summed E-state index contributed by atoms with van der Waals surface area (Å²) in [6.45, 7) is 4.13. The van der Waals surface area contributed by atoms with Gasteiger partial charge in [0.1, 0.15) is 5.01 Å². The van der Waals surface area contributed by atoms with Crippen LogP contribution in [-0.2, 0) is 7.05 Å². The molecule has 1 N–H and O–H groups in total. The number of aryl methyl sites for hydroxylation is 2. The molecule has 2 aromatic heterocycles. The standard InChI is InChI=1S/C11H16N4S/c1-7-9(8(2)15(4)14-7)10(12-3)11-13-5-6-16-11/h5-6,10,12H,1-4H3. The molecular weight excluding hydrogens is 220 g/mol. The molecule has 0 radical (unpaired) electrons. The predicted octanol–water partition coefficient (Wildman–Crippen LogP) is 1.80. The highest BCUT2D eigenvalue weighted by Crippen LogP contribution is 2.28. The number of thiazole rings is 1. The van der Waals surface area contributed by atoms with E-state index in [4.69, 9.17) is 0 Å². The highest BCUT2D eigenvalue weighted by molar-refractivity contribution is 7.09. The van der Waals surface area contributed by atoms with E-state index in [0.29, 0.717) is 0 Å². The molecule has 0 aliphatic heterocycles. The monoisotopic (exact) mass is 236 g/mol. The maximum Gasteiger partial charge on any atom is 0.114 e. The van der Waals surface area contributed by atoms with E-state index in [9.17, 15) is 0 Å². The molecule has 4 nitrogen and oxygen atoms in total. The van der Waals surface area contributed by atoms with Crippen LogP contribution in [0.15, 0.2) is 11.6 Å². The third-order valence-electron chi connectivity index (χ3n) is 2.84. The SMILES string of the molecule is CNC(c1nccs1)c1c(C)nn(C)c1C. The second kappa shape index (κ2) is 4.35. The average molecular weight is 236 g/mol. The molecule has 1 unspecified atom stereocenters. The minimum absolute atomic E-state index is 0.147. The van der Waals surface area contributed by atoms with E-state index in [1.165, 1.54) is 11.3 Å². The van der Waals surface area contributed by atoms with Crippen LogP contribution in [0, 0.1) is 13.8 Å². The van der Waals surface area contributed by atoms with Crippen LogP contribution in [-0.4, -0.2) is 21.8 Å². The lowest BCUT2D eigenvalue weighted by molar-refractivity contribution is 0.673. The Bertz CT molecular complexity index is 472. The van der Waals surface area contributed by atoms with Gasteiger partial charge in [0.2, 0.25) is 0 Å². The summed E-state index contributed by atoms with van der Waals surface area (Å²) in [6, 6.07) is 0.147. The summed E-state index contributed by atoms with van der Waals surface area (Å²) in [5.41, 5.74) is 3.49. The second-order valence-corrected chi connectivity index (χ2v) is 4.73. The summed E-state index contributed by atoms with van der Waals surface area (Å²) in [5, 5.41) is 10.8. The first kappa shape index (κ1) is 11.3. The molecule has 16 heavy (non-hydrogen) atoms. The Hall–Kier alpha value is -1.20. The van der Waals surface area contributed by atoms with Crippen LogP contribution in [0.1, 0.15) is 28.0 Å². The maximum atomic E-state index is 4.44. The van der Waals surface area contributed by atoms with Crippen molar-refractivity contribution in [3.8, 4) is 0 Å². The molecule has 0 spiro atoms. The summed E-state index contributed by atoms with van der Waals surface area (Å²) >= 11 is 1.67. The third kappa shape index (κ3) is 1.76. The molecular formula is C11H16N4S. The highest BCUT2D eigenvalue weighted by atomic mass is 32.1. The first-order valence-corrected chi connectivity index (χ1v) is 6.10. The smallest absolute Gasteiger partial charge is 0.114 e. The Morgan fingerprint density at radius 3 is 2.62 bits per heavy atom. The Morgan fingerprint density at radius 2 is 2.19 bits per heavy atom. The van der Waals surface area contributed by atoms with Crippen LogP contribution in [0.3, 0.4) is 0 Å². The van der Waals surface area contributed by atoms with Crippen molar-refractivity contribution in [2.75, 3.05) is 7.05 Å². The van der Waals surface area contributed by atoms with Crippen molar-refractivity contribution in [2.45, 2.75) is 19.9 Å². The summed E-state index contributed by atoms with van der Waals surface area (Å²) < 4.78 is 1.92. The van der Waals surface area contributed by atoms with Gasteiger partial charge in [-0.25, -0.2) is 4.98 Å². The van der Waals surface area contributed by atoms with Crippen LogP contribution in [0.2, 0.25) is 0 Å². The fourth-order valence-corrected chi connectivity index (χ4v) is 2.73. The molecule has 2 heterocycles. The van der Waals surface area contributed by atoms with Crippen LogP contribution >= 0.6 is 11.3 Å². The first-order chi connectivity index (χ1) is 7.65. The van der Waals surface area contributed by atoms with Gasteiger partial charge in [0.25, 0.3) is 0 Å². The van der Waals surface area contributed by atoms with Gasteiger partial charge in [-0.1, -0.05) is 0 Å². The zero-order valence-corrected chi connectivity index (χ0v) is 10.8. The fraction of sp³-hybridized carbons (Fsp3) is 0.455. The van der Waals surface area contributed by atoms with Gasteiger partial charge in [0.15, 0.2) is 0 Å². The Morgan fingerprint density at radius 1 is 1.44 bits per heavy atom. The van der Waals surface area contributed by atoms with E-state index in [1.54, 1.807) is 11.3 Å². The third-order valence-corrected chi connectivity index (χ3v) is 3.68. The molecule has 2 rings (SSSR count). The van der Waals surface area contributed by atoms with Crippen molar-refractivity contribution in [2.24, 2.45) is 7.05 Å². The zero-order valence-electron chi connectivity index (χ0n) is 9.98. The van der Waals surface area contributed by atoms with Gasteiger partial charge in [-0.05, 0) is 20.9 Å². The van der Waals surface area contributed by atoms with Crippen LogP contribution < -0.4 is 5.32 Å². The molecule has 1 atom stereocenters. The summed E-state index contributed by atoms with van der Waals surface area (Å²) in [7, 11) is 3.93. The summed E-state index contributed by atoms with van der Waals surface area (Å²) in [4.78, 5) is 4.37. The van der Waals surface area contributed by atoms with E-state index in [-0.39, 0.29) is 6.04 Å². The van der Waals surface area contributed by atoms with Crippen molar-refractivity contribution in [1.29, 1.82) is 0 Å². The normalized spacial score (nSPS) is 13.0. The molecule has 5 heteroatoms. The number of nitrogens with one attached hydrogen (secondary N) is 1. The largest absolute Gasteiger partial charge is 0.307 e. The van der Waals surface area contributed by atoms with Gasteiger partial charge in [0.05, 0.1) is 11.7 Å². The number of hydrogen-bond acceptors (Lipinski definition) is 4. The Labute approximate surface area is 99.3 Å². The van der Waals surface area contributed by atoms with Crippen molar-refractivity contribution in [1.82, 2.24) is 20.1 Å². The van der Waals surface area contributed by atoms with Crippen molar-refractivity contribution >= 4 is 11.3 Å². The lowest BCUT2D eigenvalue weighted by Gasteiger charge is -2.14. The Balaban J connectivity index is 2.49. The molecule has 0 amide bonds. The second-order valence-electron chi connectivity index (χ2n) is 3.80. The quantitative estimate of drug-likeness (QED) is 0.883. The molecule has 0 bridgehead atoms. The zero-order chi connectivity index (χ0) is 11.7. The van der Waals surface area contributed by atoms with E-state index in [2.05, 4.69) is 22.3 Å². The number of hydrogen-bond donors (Lipinski definition) is 1. The molecule has 0 saturated heterocycles. The topological polar surface area (TPSA) is 42.7 Å².